The van der Waals surface area contributed by atoms with Gasteiger partial charge in [0.2, 0.25) is 0 Å². The molecule has 1 aromatic carbocycles. The summed E-state index contributed by atoms with van der Waals surface area (Å²) in [6.45, 7) is 7.02. The van der Waals surface area contributed by atoms with E-state index in [9.17, 15) is 18.0 Å². The fourth-order valence-corrected chi connectivity index (χ4v) is 3.80. The second-order valence-electron chi connectivity index (χ2n) is 8.48. The average Bonchev–Trinajstić information content (AvgIpc) is 2.96. The maximum absolute atomic E-state index is 12.5. The molecule has 0 aromatic heterocycles. The van der Waals surface area contributed by atoms with Crippen molar-refractivity contribution in [1.82, 2.24) is 4.90 Å². The van der Waals surface area contributed by atoms with Crippen molar-refractivity contribution in [2.24, 2.45) is 0 Å². The van der Waals surface area contributed by atoms with Crippen molar-refractivity contribution in [3.63, 3.8) is 0 Å². The Bertz CT molecular complexity index is 706. The highest BCUT2D eigenvalue weighted by molar-refractivity contribution is 5.68. The largest absolute Gasteiger partial charge is 0.573 e. The summed E-state index contributed by atoms with van der Waals surface area (Å²) < 4.78 is 52.9. The van der Waals surface area contributed by atoms with Gasteiger partial charge in [-0.3, -0.25) is 0 Å². The van der Waals surface area contributed by atoms with Crippen LogP contribution in [0.15, 0.2) is 24.3 Å². The molecule has 2 fully saturated rings. The Kier molecular flexibility index (Phi) is 5.53. The van der Waals surface area contributed by atoms with Crippen molar-refractivity contribution in [1.29, 1.82) is 0 Å². The Morgan fingerprint density at radius 1 is 1.21 bits per heavy atom. The van der Waals surface area contributed by atoms with Crippen LogP contribution in [0.3, 0.4) is 0 Å². The standard InChI is InChI=1S/C20H26F3NO4/c1-18(2,3)28-17(25)24-9-7-19(8-10-24)12-15(13-26-19)14-5-4-6-16(11-14)27-20(21,22)23/h4-6,11,15H,7-10,12-13H2,1-3H3. The van der Waals surface area contributed by atoms with Crippen LogP contribution in [-0.4, -0.2) is 48.3 Å². The van der Waals surface area contributed by atoms with E-state index in [4.69, 9.17) is 9.47 Å². The van der Waals surface area contributed by atoms with Crippen molar-refractivity contribution in [2.75, 3.05) is 19.7 Å². The minimum absolute atomic E-state index is 0.00450. The third-order valence-corrected chi connectivity index (χ3v) is 5.10. The zero-order valence-electron chi connectivity index (χ0n) is 16.3. The first-order valence-electron chi connectivity index (χ1n) is 9.42. The molecule has 0 N–H and O–H groups in total. The summed E-state index contributed by atoms with van der Waals surface area (Å²) >= 11 is 0. The van der Waals surface area contributed by atoms with Crippen LogP contribution in [0.5, 0.6) is 5.75 Å². The Morgan fingerprint density at radius 2 is 1.89 bits per heavy atom. The van der Waals surface area contributed by atoms with Gasteiger partial charge in [-0.1, -0.05) is 12.1 Å². The molecule has 1 spiro atoms. The van der Waals surface area contributed by atoms with Gasteiger partial charge in [-0.05, 0) is 57.7 Å². The molecule has 1 unspecified atom stereocenters. The molecule has 1 aromatic rings. The molecule has 5 nitrogen and oxygen atoms in total. The first kappa shape index (κ1) is 20.8. The van der Waals surface area contributed by atoms with Gasteiger partial charge in [-0.15, -0.1) is 13.2 Å². The molecule has 1 atom stereocenters. The van der Waals surface area contributed by atoms with Crippen LogP contribution < -0.4 is 4.74 Å². The van der Waals surface area contributed by atoms with Crippen molar-refractivity contribution >= 4 is 6.09 Å². The van der Waals surface area contributed by atoms with E-state index in [1.165, 1.54) is 12.1 Å². The summed E-state index contributed by atoms with van der Waals surface area (Å²) in [4.78, 5) is 13.9. The Balaban J connectivity index is 1.59. The fourth-order valence-electron chi connectivity index (χ4n) is 3.80. The van der Waals surface area contributed by atoms with E-state index in [0.717, 1.165) is 5.56 Å². The van der Waals surface area contributed by atoms with Crippen LogP contribution in [0, 0.1) is 0 Å². The molecule has 1 amide bonds. The van der Waals surface area contributed by atoms with Crippen molar-refractivity contribution in [2.45, 2.75) is 63.5 Å². The van der Waals surface area contributed by atoms with E-state index >= 15 is 0 Å². The second-order valence-corrected chi connectivity index (χ2v) is 8.48. The predicted octanol–water partition coefficient (Wildman–Crippen LogP) is 4.86. The number of rotatable bonds is 2. The fraction of sp³-hybridized carbons (Fsp3) is 0.650. The number of ether oxygens (including phenoxy) is 3. The number of carbonyl (C=O) groups excluding carboxylic acids is 1. The number of halogens is 3. The molecule has 2 saturated heterocycles. The highest BCUT2D eigenvalue weighted by Crippen LogP contribution is 2.43. The Hall–Kier alpha value is -1.96. The van der Waals surface area contributed by atoms with Crippen molar-refractivity contribution in [3.8, 4) is 5.75 Å². The van der Waals surface area contributed by atoms with Crippen LogP contribution in [0.1, 0.15) is 51.5 Å². The molecule has 8 heteroatoms. The molecule has 0 saturated carbocycles. The van der Waals surface area contributed by atoms with E-state index < -0.39 is 12.0 Å². The van der Waals surface area contributed by atoms with Gasteiger partial charge in [0.05, 0.1) is 12.2 Å². The molecule has 0 bridgehead atoms. The molecule has 2 aliphatic rings. The minimum atomic E-state index is -4.71. The summed E-state index contributed by atoms with van der Waals surface area (Å²) in [6, 6.07) is 6.08. The quantitative estimate of drug-likeness (QED) is 0.710. The molecular formula is C20H26F3NO4. The normalized spacial score (nSPS) is 22.4. The van der Waals surface area contributed by atoms with E-state index in [1.807, 2.05) is 20.8 Å². The lowest BCUT2D eigenvalue weighted by Gasteiger charge is -2.39. The van der Waals surface area contributed by atoms with Gasteiger partial charge >= 0.3 is 12.5 Å². The maximum atomic E-state index is 12.5. The van der Waals surface area contributed by atoms with E-state index in [1.54, 1.807) is 17.0 Å². The molecule has 28 heavy (non-hydrogen) atoms. The topological polar surface area (TPSA) is 48.0 Å². The lowest BCUT2D eigenvalue weighted by atomic mass is 9.83. The van der Waals surface area contributed by atoms with Gasteiger partial charge in [-0.2, -0.15) is 0 Å². The second kappa shape index (κ2) is 7.46. The van der Waals surface area contributed by atoms with Gasteiger partial charge in [0.25, 0.3) is 0 Å². The monoisotopic (exact) mass is 401 g/mol. The number of alkyl halides is 3. The molecule has 156 valence electrons. The zero-order valence-corrected chi connectivity index (χ0v) is 16.3. The van der Waals surface area contributed by atoms with Gasteiger partial charge in [-0.25, -0.2) is 4.79 Å². The van der Waals surface area contributed by atoms with Crippen LogP contribution in [0.25, 0.3) is 0 Å². The zero-order chi connectivity index (χ0) is 20.6. The van der Waals surface area contributed by atoms with E-state index in [0.29, 0.717) is 39.0 Å². The van der Waals surface area contributed by atoms with Gasteiger partial charge < -0.3 is 19.1 Å². The van der Waals surface area contributed by atoms with Crippen molar-refractivity contribution < 1.29 is 32.2 Å². The summed E-state index contributed by atoms with van der Waals surface area (Å²) in [5.74, 6) is -0.212. The predicted molar refractivity (Wildman–Crippen MR) is 96.2 cm³/mol. The number of carbonyl (C=O) groups is 1. The van der Waals surface area contributed by atoms with E-state index in [-0.39, 0.29) is 23.4 Å². The molecule has 0 aliphatic carbocycles. The summed E-state index contributed by atoms with van der Waals surface area (Å²) in [6.07, 6.45) is -2.96. The minimum Gasteiger partial charge on any atom is -0.444 e. The highest BCUT2D eigenvalue weighted by Gasteiger charge is 2.44. The average molecular weight is 401 g/mol. The molecule has 2 aliphatic heterocycles. The smallest absolute Gasteiger partial charge is 0.444 e. The maximum Gasteiger partial charge on any atom is 0.573 e. The first-order valence-corrected chi connectivity index (χ1v) is 9.42. The first-order chi connectivity index (χ1) is 12.9. The van der Waals surface area contributed by atoms with Gasteiger partial charge in [0.15, 0.2) is 0 Å². The third kappa shape index (κ3) is 5.31. The van der Waals surface area contributed by atoms with Crippen LogP contribution >= 0.6 is 0 Å². The van der Waals surface area contributed by atoms with Crippen molar-refractivity contribution in [3.05, 3.63) is 29.8 Å². The number of likely N-dealkylation sites (tertiary alicyclic amines) is 1. The lowest BCUT2D eigenvalue weighted by Crippen LogP contribution is -2.47. The lowest BCUT2D eigenvalue weighted by molar-refractivity contribution is -0.274. The summed E-state index contributed by atoms with van der Waals surface area (Å²) in [7, 11) is 0. The van der Waals surface area contributed by atoms with Crippen LogP contribution in [0.2, 0.25) is 0 Å². The van der Waals surface area contributed by atoms with E-state index in [2.05, 4.69) is 4.74 Å². The number of hydrogen-bond donors (Lipinski definition) is 0. The number of piperidine rings is 1. The molecule has 0 radical (unpaired) electrons. The molecule has 3 rings (SSSR count). The SMILES string of the molecule is CC(C)(C)OC(=O)N1CCC2(CC1)CC(c1cccc(OC(F)(F)F)c1)CO2. The molecular weight excluding hydrogens is 375 g/mol. The molecule has 2 heterocycles. The summed E-state index contributed by atoms with van der Waals surface area (Å²) in [5.41, 5.74) is -0.109. The highest BCUT2D eigenvalue weighted by atomic mass is 19.4. The van der Waals surface area contributed by atoms with Gasteiger partial charge in [0.1, 0.15) is 11.4 Å². The number of hydrogen-bond acceptors (Lipinski definition) is 4. The number of amides is 1. The Morgan fingerprint density at radius 3 is 2.50 bits per heavy atom. The Labute approximate surface area is 162 Å². The number of benzene rings is 1. The third-order valence-electron chi connectivity index (χ3n) is 5.10. The van der Waals surface area contributed by atoms with Crippen LogP contribution in [0.4, 0.5) is 18.0 Å². The van der Waals surface area contributed by atoms with Gasteiger partial charge in [0, 0.05) is 19.0 Å². The summed E-state index contributed by atoms with van der Waals surface area (Å²) in [5, 5.41) is 0. The van der Waals surface area contributed by atoms with Crippen LogP contribution in [-0.2, 0) is 9.47 Å². The number of nitrogens with zero attached hydrogens (tertiary/aromatic N) is 1.